The standard InChI is InChI=1S/C7H9N/c1-3-5-7(4-2)6-8/h3-5H,1-2H3. The first kappa shape index (κ1) is 6.97. The Bertz CT molecular complexity index is 146. The Kier molecular flexibility index (Phi) is 3.60. The molecule has 1 nitrogen and oxygen atoms in total. The van der Waals surface area contributed by atoms with Gasteiger partial charge in [0, 0.05) is 5.57 Å². The molecule has 0 N–H and O–H groups in total. The van der Waals surface area contributed by atoms with Crippen molar-refractivity contribution in [1.82, 2.24) is 0 Å². The highest BCUT2D eigenvalue weighted by atomic mass is 14.2. The summed E-state index contributed by atoms with van der Waals surface area (Å²) in [6, 6.07) is 2.03. The molecule has 0 spiro atoms. The largest absolute Gasteiger partial charge is 0.192 e. The minimum Gasteiger partial charge on any atom is -0.192 e. The predicted octanol–water partition coefficient (Wildman–Crippen LogP) is 2.03. The van der Waals surface area contributed by atoms with E-state index in [2.05, 4.69) is 0 Å². The van der Waals surface area contributed by atoms with E-state index in [4.69, 9.17) is 5.26 Å². The van der Waals surface area contributed by atoms with Gasteiger partial charge in [-0.3, -0.25) is 0 Å². The number of allylic oxidation sites excluding steroid dienone is 4. The van der Waals surface area contributed by atoms with E-state index < -0.39 is 0 Å². The Morgan fingerprint density at radius 1 is 1.50 bits per heavy atom. The lowest BCUT2D eigenvalue weighted by Crippen LogP contribution is -1.65. The van der Waals surface area contributed by atoms with Crippen LogP contribution in [-0.4, -0.2) is 0 Å². The summed E-state index contributed by atoms with van der Waals surface area (Å²) in [5.41, 5.74) is 0.715. The average molecular weight is 107 g/mol. The maximum atomic E-state index is 8.29. The first-order valence-electron chi connectivity index (χ1n) is 2.54. The molecule has 0 saturated carbocycles. The second-order valence-electron chi connectivity index (χ2n) is 1.36. The quantitative estimate of drug-likeness (QED) is 0.371. The van der Waals surface area contributed by atoms with Crippen molar-refractivity contribution in [2.45, 2.75) is 13.8 Å². The Morgan fingerprint density at radius 2 is 2.12 bits per heavy atom. The van der Waals surface area contributed by atoms with Crippen LogP contribution in [0.5, 0.6) is 0 Å². The van der Waals surface area contributed by atoms with Crippen molar-refractivity contribution in [1.29, 1.82) is 5.26 Å². The summed E-state index contributed by atoms with van der Waals surface area (Å²) in [4.78, 5) is 0. The van der Waals surface area contributed by atoms with Crippen molar-refractivity contribution < 1.29 is 0 Å². The highest BCUT2D eigenvalue weighted by molar-refractivity contribution is 5.31. The molecule has 0 aliphatic carbocycles. The Balaban J connectivity index is 3.98. The van der Waals surface area contributed by atoms with Crippen LogP contribution in [0.15, 0.2) is 23.8 Å². The molecule has 0 bridgehead atoms. The minimum atomic E-state index is 0.715. The van der Waals surface area contributed by atoms with Gasteiger partial charge in [-0.2, -0.15) is 5.26 Å². The van der Waals surface area contributed by atoms with Gasteiger partial charge in [-0.1, -0.05) is 12.2 Å². The van der Waals surface area contributed by atoms with E-state index in [1.54, 1.807) is 12.2 Å². The fourth-order valence-electron chi connectivity index (χ4n) is 0.378. The molecule has 0 aromatic carbocycles. The maximum absolute atomic E-state index is 8.29. The van der Waals surface area contributed by atoms with Crippen molar-refractivity contribution >= 4 is 0 Å². The third-order valence-corrected chi connectivity index (χ3v) is 0.786. The van der Waals surface area contributed by atoms with Crippen LogP contribution in [0, 0.1) is 11.3 Å². The van der Waals surface area contributed by atoms with Crippen LogP contribution < -0.4 is 0 Å². The molecular weight excluding hydrogens is 98.1 g/mol. The fraction of sp³-hybridized carbons (Fsp3) is 0.286. The SMILES string of the molecule is CC=CC(C#N)=CC. The zero-order chi connectivity index (χ0) is 6.41. The average Bonchev–Trinajstić information content (AvgIpc) is 1.83. The van der Waals surface area contributed by atoms with Crippen molar-refractivity contribution in [3.8, 4) is 6.07 Å². The number of rotatable bonds is 1. The maximum Gasteiger partial charge on any atom is 0.0987 e. The third-order valence-electron chi connectivity index (χ3n) is 0.786. The van der Waals surface area contributed by atoms with E-state index in [0.29, 0.717) is 5.57 Å². The van der Waals surface area contributed by atoms with Crippen LogP contribution in [0.1, 0.15) is 13.8 Å². The van der Waals surface area contributed by atoms with Crippen LogP contribution in [0.2, 0.25) is 0 Å². The van der Waals surface area contributed by atoms with Gasteiger partial charge in [-0.05, 0) is 19.9 Å². The highest BCUT2D eigenvalue weighted by Gasteiger charge is 1.78. The molecule has 0 radical (unpaired) electrons. The lowest BCUT2D eigenvalue weighted by atomic mass is 10.3. The van der Waals surface area contributed by atoms with Crippen LogP contribution in [0.25, 0.3) is 0 Å². The van der Waals surface area contributed by atoms with Crippen molar-refractivity contribution in [2.75, 3.05) is 0 Å². The smallest absolute Gasteiger partial charge is 0.0987 e. The first-order chi connectivity index (χ1) is 3.85. The lowest BCUT2D eigenvalue weighted by molar-refractivity contribution is 1.48. The predicted molar refractivity (Wildman–Crippen MR) is 34.2 cm³/mol. The molecule has 42 valence electrons. The second kappa shape index (κ2) is 4.14. The van der Waals surface area contributed by atoms with Gasteiger partial charge in [-0.15, -0.1) is 0 Å². The molecule has 1 heteroatoms. The van der Waals surface area contributed by atoms with Gasteiger partial charge >= 0.3 is 0 Å². The molecule has 0 saturated heterocycles. The second-order valence-corrected chi connectivity index (χ2v) is 1.36. The van der Waals surface area contributed by atoms with Gasteiger partial charge in [0.15, 0.2) is 0 Å². The van der Waals surface area contributed by atoms with Gasteiger partial charge in [0.1, 0.15) is 0 Å². The molecule has 0 rings (SSSR count). The van der Waals surface area contributed by atoms with Crippen LogP contribution in [-0.2, 0) is 0 Å². The monoisotopic (exact) mass is 107 g/mol. The number of nitrogens with zero attached hydrogens (tertiary/aromatic N) is 1. The number of nitriles is 1. The summed E-state index contributed by atoms with van der Waals surface area (Å²) in [5.74, 6) is 0. The van der Waals surface area contributed by atoms with Crippen LogP contribution >= 0.6 is 0 Å². The molecule has 0 aromatic heterocycles. The third kappa shape index (κ3) is 2.20. The molecular formula is C7H9N. The van der Waals surface area contributed by atoms with E-state index in [9.17, 15) is 0 Å². The van der Waals surface area contributed by atoms with Gasteiger partial charge in [-0.25, -0.2) is 0 Å². The minimum absolute atomic E-state index is 0.715. The number of hydrogen-bond donors (Lipinski definition) is 0. The van der Waals surface area contributed by atoms with E-state index in [0.717, 1.165) is 0 Å². The summed E-state index contributed by atoms with van der Waals surface area (Å²) < 4.78 is 0. The number of hydrogen-bond acceptors (Lipinski definition) is 1. The van der Waals surface area contributed by atoms with E-state index >= 15 is 0 Å². The molecule has 0 amide bonds. The summed E-state index contributed by atoms with van der Waals surface area (Å²) in [5, 5.41) is 8.29. The summed E-state index contributed by atoms with van der Waals surface area (Å²) in [6.07, 6.45) is 5.40. The first-order valence-corrected chi connectivity index (χ1v) is 2.54. The van der Waals surface area contributed by atoms with Gasteiger partial charge < -0.3 is 0 Å². The normalized spacial score (nSPS) is 11.9. The molecule has 0 aliphatic rings. The van der Waals surface area contributed by atoms with Crippen LogP contribution in [0.4, 0.5) is 0 Å². The van der Waals surface area contributed by atoms with Crippen LogP contribution in [0.3, 0.4) is 0 Å². The molecule has 0 heterocycles. The Hall–Kier alpha value is -1.03. The lowest BCUT2D eigenvalue weighted by Gasteiger charge is -1.78. The van der Waals surface area contributed by atoms with E-state index in [1.165, 1.54) is 0 Å². The molecule has 0 aromatic rings. The van der Waals surface area contributed by atoms with Gasteiger partial charge in [0.05, 0.1) is 6.07 Å². The van der Waals surface area contributed by atoms with Crippen molar-refractivity contribution in [3.63, 3.8) is 0 Å². The molecule has 8 heavy (non-hydrogen) atoms. The fourth-order valence-corrected chi connectivity index (χ4v) is 0.378. The van der Waals surface area contributed by atoms with Gasteiger partial charge in [0.25, 0.3) is 0 Å². The summed E-state index contributed by atoms with van der Waals surface area (Å²) >= 11 is 0. The molecule has 0 atom stereocenters. The zero-order valence-electron chi connectivity index (χ0n) is 5.18. The molecule has 0 fully saturated rings. The van der Waals surface area contributed by atoms with Gasteiger partial charge in [0.2, 0.25) is 0 Å². The van der Waals surface area contributed by atoms with E-state index in [-0.39, 0.29) is 0 Å². The zero-order valence-corrected chi connectivity index (χ0v) is 5.18. The highest BCUT2D eigenvalue weighted by Crippen LogP contribution is 1.91. The molecule has 0 aliphatic heterocycles. The summed E-state index contributed by atoms with van der Waals surface area (Å²) in [7, 11) is 0. The molecule has 0 unspecified atom stereocenters. The topological polar surface area (TPSA) is 23.8 Å². The Labute approximate surface area is 49.9 Å². The van der Waals surface area contributed by atoms with E-state index in [1.807, 2.05) is 26.0 Å². The Morgan fingerprint density at radius 3 is 2.25 bits per heavy atom. The summed E-state index contributed by atoms with van der Waals surface area (Å²) in [6.45, 7) is 3.74. The van der Waals surface area contributed by atoms with Crippen molar-refractivity contribution in [2.24, 2.45) is 0 Å². The van der Waals surface area contributed by atoms with Crippen molar-refractivity contribution in [3.05, 3.63) is 23.8 Å².